The van der Waals surface area contributed by atoms with Crippen LogP contribution >= 0.6 is 0 Å². The van der Waals surface area contributed by atoms with Gasteiger partial charge < -0.3 is 4.74 Å². The molecule has 0 aromatic heterocycles. The predicted molar refractivity (Wildman–Crippen MR) is 86.5 cm³/mol. The minimum absolute atomic E-state index is 0.303. The summed E-state index contributed by atoms with van der Waals surface area (Å²) in [5.74, 6) is 0.906. The first-order valence-electron chi connectivity index (χ1n) is 7.39. The molecule has 0 saturated heterocycles. The van der Waals surface area contributed by atoms with Crippen molar-refractivity contribution in [3.8, 4) is 5.75 Å². The van der Waals surface area contributed by atoms with Crippen LogP contribution in [0.2, 0.25) is 0 Å². The van der Waals surface area contributed by atoms with E-state index in [1.807, 2.05) is 12.1 Å². The van der Waals surface area contributed by atoms with E-state index in [1.54, 1.807) is 7.11 Å². The van der Waals surface area contributed by atoms with E-state index < -0.39 is 0 Å². The highest BCUT2D eigenvalue weighted by Crippen LogP contribution is 2.31. The van der Waals surface area contributed by atoms with Crippen molar-refractivity contribution in [2.75, 3.05) is 13.7 Å². The van der Waals surface area contributed by atoms with Crippen molar-refractivity contribution in [2.24, 2.45) is 0 Å². The summed E-state index contributed by atoms with van der Waals surface area (Å²) in [6.07, 6.45) is 3.16. The normalized spacial score (nSPS) is 18.0. The number of fused-ring (bicyclic) bond motifs is 1. The largest absolute Gasteiger partial charge is 0.497 e. The molecule has 0 fully saturated rings. The molecule has 0 aliphatic carbocycles. The van der Waals surface area contributed by atoms with Gasteiger partial charge in [0.25, 0.3) is 0 Å². The fourth-order valence-corrected chi connectivity index (χ4v) is 3.07. The number of ether oxygens (including phenoxy) is 1. The van der Waals surface area contributed by atoms with Crippen molar-refractivity contribution in [3.05, 3.63) is 77.9 Å². The van der Waals surface area contributed by atoms with Crippen molar-refractivity contribution in [1.82, 2.24) is 4.90 Å². The van der Waals surface area contributed by atoms with E-state index in [1.165, 1.54) is 16.7 Å². The highest BCUT2D eigenvalue weighted by molar-refractivity contribution is 5.35. The van der Waals surface area contributed by atoms with E-state index in [2.05, 4.69) is 54.0 Å². The van der Waals surface area contributed by atoms with Gasteiger partial charge in [-0.15, -0.1) is 6.58 Å². The van der Waals surface area contributed by atoms with Gasteiger partial charge in [0.2, 0.25) is 0 Å². The first-order valence-corrected chi connectivity index (χ1v) is 7.39. The second kappa shape index (κ2) is 6.15. The Hall–Kier alpha value is -2.06. The highest BCUT2D eigenvalue weighted by Gasteiger charge is 2.24. The van der Waals surface area contributed by atoms with Crippen LogP contribution in [0.25, 0.3) is 0 Å². The lowest BCUT2D eigenvalue weighted by atomic mass is 9.92. The summed E-state index contributed by atoms with van der Waals surface area (Å²) >= 11 is 0. The molecule has 2 nitrogen and oxygen atoms in total. The number of rotatable bonds is 4. The molecule has 21 heavy (non-hydrogen) atoms. The van der Waals surface area contributed by atoms with Crippen LogP contribution in [0.3, 0.4) is 0 Å². The smallest absolute Gasteiger partial charge is 0.118 e. The zero-order valence-corrected chi connectivity index (χ0v) is 12.5. The minimum Gasteiger partial charge on any atom is -0.497 e. The Morgan fingerprint density at radius 1 is 1.19 bits per heavy atom. The predicted octanol–water partition coefficient (Wildman–Crippen LogP) is 3.98. The lowest BCUT2D eigenvalue weighted by molar-refractivity contribution is 0.210. The average Bonchev–Trinajstić information content (AvgIpc) is 2.55. The zero-order valence-electron chi connectivity index (χ0n) is 12.5. The van der Waals surface area contributed by atoms with Gasteiger partial charge in [-0.1, -0.05) is 42.5 Å². The molecule has 1 atom stereocenters. The molecule has 1 aliphatic heterocycles. The first kappa shape index (κ1) is 13.9. The van der Waals surface area contributed by atoms with Crippen molar-refractivity contribution >= 4 is 0 Å². The van der Waals surface area contributed by atoms with Crippen LogP contribution in [0, 0.1) is 0 Å². The van der Waals surface area contributed by atoms with Gasteiger partial charge in [-0.05, 0) is 35.2 Å². The Kier molecular flexibility index (Phi) is 4.07. The molecule has 2 aromatic rings. The van der Waals surface area contributed by atoms with Gasteiger partial charge in [0, 0.05) is 13.1 Å². The monoisotopic (exact) mass is 279 g/mol. The lowest BCUT2D eigenvalue weighted by Gasteiger charge is -2.35. The summed E-state index contributed by atoms with van der Waals surface area (Å²) in [4.78, 5) is 2.48. The number of benzene rings is 2. The molecule has 2 aromatic carbocycles. The van der Waals surface area contributed by atoms with Crippen LogP contribution in [0.1, 0.15) is 22.7 Å². The van der Waals surface area contributed by atoms with Crippen LogP contribution in [-0.4, -0.2) is 18.6 Å². The second-order valence-electron chi connectivity index (χ2n) is 5.45. The molecule has 0 amide bonds. The lowest BCUT2D eigenvalue weighted by Crippen LogP contribution is -2.33. The Morgan fingerprint density at radius 2 is 1.95 bits per heavy atom. The summed E-state index contributed by atoms with van der Waals surface area (Å²) in [5, 5.41) is 0. The Balaban J connectivity index is 1.80. The third-order valence-corrected chi connectivity index (χ3v) is 4.20. The standard InChI is InChI=1S/C19H21NO/c1-3-19-18-7-5-4-6-16(18)12-13-20(19)14-15-8-10-17(21-2)11-9-15/h3-11,19H,1,12-14H2,2H3. The van der Waals surface area contributed by atoms with Crippen LogP contribution in [0.5, 0.6) is 5.75 Å². The Morgan fingerprint density at radius 3 is 2.67 bits per heavy atom. The molecular formula is C19H21NO. The maximum Gasteiger partial charge on any atom is 0.118 e. The van der Waals surface area contributed by atoms with Crippen LogP contribution in [0.15, 0.2) is 61.2 Å². The van der Waals surface area contributed by atoms with Gasteiger partial charge in [-0.3, -0.25) is 4.90 Å². The number of hydrogen-bond acceptors (Lipinski definition) is 2. The minimum atomic E-state index is 0.303. The molecule has 0 saturated carbocycles. The molecule has 108 valence electrons. The molecule has 0 N–H and O–H groups in total. The van der Waals surface area contributed by atoms with Gasteiger partial charge in [0.05, 0.1) is 13.2 Å². The SMILES string of the molecule is C=CC1c2ccccc2CCN1Cc1ccc(OC)cc1. The van der Waals surface area contributed by atoms with Crippen molar-refractivity contribution in [2.45, 2.75) is 19.0 Å². The molecule has 1 unspecified atom stereocenters. The van der Waals surface area contributed by atoms with Gasteiger partial charge >= 0.3 is 0 Å². The van der Waals surface area contributed by atoms with E-state index >= 15 is 0 Å². The van der Waals surface area contributed by atoms with E-state index in [9.17, 15) is 0 Å². The van der Waals surface area contributed by atoms with E-state index in [4.69, 9.17) is 4.74 Å². The Bertz CT molecular complexity index is 618. The maximum absolute atomic E-state index is 5.22. The van der Waals surface area contributed by atoms with Gasteiger partial charge in [-0.25, -0.2) is 0 Å². The maximum atomic E-state index is 5.22. The summed E-state index contributed by atoms with van der Waals surface area (Å²) in [6, 6.07) is 17.3. The summed E-state index contributed by atoms with van der Waals surface area (Å²) < 4.78 is 5.22. The highest BCUT2D eigenvalue weighted by atomic mass is 16.5. The molecular weight excluding hydrogens is 258 g/mol. The molecule has 1 heterocycles. The molecule has 0 spiro atoms. The summed E-state index contributed by atoms with van der Waals surface area (Å²) in [7, 11) is 1.70. The zero-order chi connectivity index (χ0) is 14.7. The average molecular weight is 279 g/mol. The third-order valence-electron chi connectivity index (χ3n) is 4.20. The number of hydrogen-bond donors (Lipinski definition) is 0. The molecule has 1 aliphatic rings. The molecule has 0 radical (unpaired) electrons. The summed E-state index contributed by atoms with van der Waals surface area (Å²) in [5.41, 5.74) is 4.16. The molecule has 2 heteroatoms. The van der Waals surface area contributed by atoms with Crippen molar-refractivity contribution in [1.29, 1.82) is 0 Å². The topological polar surface area (TPSA) is 12.5 Å². The Labute approximate surface area is 126 Å². The van der Waals surface area contributed by atoms with Crippen LogP contribution in [-0.2, 0) is 13.0 Å². The third kappa shape index (κ3) is 2.86. The van der Waals surface area contributed by atoms with Crippen molar-refractivity contribution < 1.29 is 4.74 Å². The number of nitrogens with zero attached hydrogens (tertiary/aromatic N) is 1. The quantitative estimate of drug-likeness (QED) is 0.785. The van der Waals surface area contributed by atoms with E-state index in [0.717, 1.165) is 25.3 Å². The van der Waals surface area contributed by atoms with Gasteiger partial charge in [-0.2, -0.15) is 0 Å². The fourth-order valence-electron chi connectivity index (χ4n) is 3.07. The summed E-state index contributed by atoms with van der Waals surface area (Å²) in [6.45, 7) is 6.05. The van der Waals surface area contributed by atoms with Crippen LogP contribution < -0.4 is 4.74 Å². The first-order chi connectivity index (χ1) is 10.3. The van der Waals surface area contributed by atoms with Gasteiger partial charge in [0.15, 0.2) is 0 Å². The molecule has 3 rings (SSSR count). The number of methoxy groups -OCH3 is 1. The van der Waals surface area contributed by atoms with Crippen LogP contribution in [0.4, 0.5) is 0 Å². The van der Waals surface area contributed by atoms with E-state index in [0.29, 0.717) is 6.04 Å². The second-order valence-corrected chi connectivity index (χ2v) is 5.45. The van der Waals surface area contributed by atoms with E-state index in [-0.39, 0.29) is 0 Å². The van der Waals surface area contributed by atoms with Gasteiger partial charge in [0.1, 0.15) is 5.75 Å². The fraction of sp³-hybridized carbons (Fsp3) is 0.263. The molecule has 0 bridgehead atoms. The van der Waals surface area contributed by atoms with Crippen molar-refractivity contribution in [3.63, 3.8) is 0 Å².